The molecular weight excluding hydrogens is 284 g/mol. The van der Waals surface area contributed by atoms with Crippen molar-refractivity contribution in [1.82, 2.24) is 10.6 Å². The summed E-state index contributed by atoms with van der Waals surface area (Å²) in [7, 11) is 0. The van der Waals surface area contributed by atoms with Crippen molar-refractivity contribution in [1.29, 1.82) is 0 Å². The first-order valence-corrected chi connectivity index (χ1v) is 8.46. The van der Waals surface area contributed by atoms with E-state index >= 15 is 0 Å². The molecule has 4 nitrogen and oxygen atoms in total. The molecule has 21 heavy (non-hydrogen) atoms. The van der Waals surface area contributed by atoms with E-state index in [1.54, 1.807) is 11.3 Å². The highest BCUT2D eigenvalue weighted by Gasteiger charge is 2.20. The lowest BCUT2D eigenvalue weighted by Crippen LogP contribution is -2.36. The Hall–Kier alpha value is -1.36. The number of carbonyl (C=O) groups excluding carboxylic acids is 2. The number of hydrogen-bond donors (Lipinski definition) is 2. The molecule has 0 bridgehead atoms. The Morgan fingerprint density at radius 2 is 2.05 bits per heavy atom. The Labute approximate surface area is 130 Å². The third kappa shape index (κ3) is 4.30. The molecule has 1 atom stereocenters. The predicted molar refractivity (Wildman–Crippen MR) is 85.7 cm³/mol. The minimum Gasteiger partial charge on any atom is -0.354 e. The quantitative estimate of drug-likeness (QED) is 0.821. The van der Waals surface area contributed by atoms with Gasteiger partial charge >= 0.3 is 0 Å². The number of thiophene rings is 1. The maximum Gasteiger partial charge on any atom is 0.261 e. The Balaban J connectivity index is 1.80. The van der Waals surface area contributed by atoms with Crippen LogP contribution in [0.1, 0.15) is 47.3 Å². The van der Waals surface area contributed by atoms with Crippen LogP contribution < -0.4 is 10.6 Å². The average molecular weight is 308 g/mol. The first-order chi connectivity index (χ1) is 9.97. The topological polar surface area (TPSA) is 58.2 Å². The summed E-state index contributed by atoms with van der Waals surface area (Å²) in [6.45, 7) is 6.91. The molecule has 0 saturated carbocycles. The molecule has 5 heteroatoms. The second kappa shape index (κ2) is 7.07. The van der Waals surface area contributed by atoms with Gasteiger partial charge in [0.15, 0.2) is 0 Å². The van der Waals surface area contributed by atoms with Gasteiger partial charge in [0.1, 0.15) is 0 Å². The van der Waals surface area contributed by atoms with Crippen molar-refractivity contribution in [2.75, 3.05) is 13.1 Å². The molecule has 1 aromatic heterocycles. The zero-order chi connectivity index (χ0) is 15.4. The lowest BCUT2D eigenvalue weighted by molar-refractivity contribution is -0.123. The first kappa shape index (κ1) is 16.0. The van der Waals surface area contributed by atoms with Crippen LogP contribution in [-0.2, 0) is 17.6 Å². The van der Waals surface area contributed by atoms with Gasteiger partial charge in [0, 0.05) is 23.9 Å². The highest BCUT2D eigenvalue weighted by molar-refractivity contribution is 7.14. The molecule has 0 aliphatic heterocycles. The number of fused-ring (bicyclic) bond motifs is 1. The van der Waals surface area contributed by atoms with Crippen LogP contribution in [0.3, 0.4) is 0 Å². The van der Waals surface area contributed by atoms with Gasteiger partial charge in [0.25, 0.3) is 5.91 Å². The lowest BCUT2D eigenvalue weighted by Gasteiger charge is -2.16. The fourth-order valence-corrected chi connectivity index (χ4v) is 3.60. The third-order valence-electron chi connectivity index (χ3n) is 3.79. The Morgan fingerprint density at radius 3 is 2.76 bits per heavy atom. The van der Waals surface area contributed by atoms with E-state index in [1.807, 2.05) is 19.9 Å². The van der Waals surface area contributed by atoms with Crippen LogP contribution >= 0.6 is 11.3 Å². The van der Waals surface area contributed by atoms with Crippen molar-refractivity contribution >= 4 is 23.2 Å². The number of nitrogens with one attached hydrogen (secondary N) is 2. The van der Waals surface area contributed by atoms with E-state index in [2.05, 4.69) is 17.6 Å². The number of hydrogen-bond acceptors (Lipinski definition) is 3. The van der Waals surface area contributed by atoms with Crippen molar-refractivity contribution in [3.63, 3.8) is 0 Å². The van der Waals surface area contributed by atoms with Gasteiger partial charge in [-0.25, -0.2) is 0 Å². The molecule has 2 N–H and O–H groups in total. The normalized spacial score (nSPS) is 17.4. The van der Waals surface area contributed by atoms with Crippen molar-refractivity contribution in [2.45, 2.75) is 40.0 Å². The summed E-state index contributed by atoms with van der Waals surface area (Å²) in [4.78, 5) is 25.7. The minimum absolute atomic E-state index is 0.0184. The monoisotopic (exact) mass is 308 g/mol. The SMILES string of the molecule is CC1CCc2sc(C(=O)NCCNC(=O)C(C)C)cc2C1. The van der Waals surface area contributed by atoms with Gasteiger partial charge in [-0.3, -0.25) is 9.59 Å². The van der Waals surface area contributed by atoms with Gasteiger partial charge in [-0.2, -0.15) is 0 Å². The van der Waals surface area contributed by atoms with Crippen molar-refractivity contribution in [3.8, 4) is 0 Å². The molecule has 2 rings (SSSR count). The van der Waals surface area contributed by atoms with E-state index in [9.17, 15) is 9.59 Å². The van der Waals surface area contributed by atoms with E-state index in [0.717, 1.165) is 17.7 Å². The van der Waals surface area contributed by atoms with Gasteiger partial charge in [0.05, 0.1) is 4.88 Å². The molecule has 1 heterocycles. The highest BCUT2D eigenvalue weighted by atomic mass is 32.1. The molecule has 0 radical (unpaired) electrons. The summed E-state index contributed by atoms with van der Waals surface area (Å²) in [5.74, 6) is 0.687. The fourth-order valence-electron chi connectivity index (χ4n) is 2.47. The number of aryl methyl sites for hydroxylation is 1. The summed E-state index contributed by atoms with van der Waals surface area (Å²) in [6.07, 6.45) is 3.40. The van der Waals surface area contributed by atoms with E-state index in [-0.39, 0.29) is 17.7 Å². The van der Waals surface area contributed by atoms with Gasteiger partial charge in [0.2, 0.25) is 5.91 Å². The second-order valence-electron chi connectivity index (χ2n) is 6.11. The van der Waals surface area contributed by atoms with E-state index in [0.29, 0.717) is 19.0 Å². The second-order valence-corrected chi connectivity index (χ2v) is 7.25. The van der Waals surface area contributed by atoms with Crippen molar-refractivity contribution in [3.05, 3.63) is 21.4 Å². The molecule has 0 fully saturated rings. The Morgan fingerprint density at radius 1 is 1.33 bits per heavy atom. The molecule has 1 aliphatic carbocycles. The van der Waals surface area contributed by atoms with Crippen LogP contribution in [0.2, 0.25) is 0 Å². The van der Waals surface area contributed by atoms with Crippen molar-refractivity contribution < 1.29 is 9.59 Å². The van der Waals surface area contributed by atoms with Crippen LogP contribution in [0.25, 0.3) is 0 Å². The third-order valence-corrected chi connectivity index (χ3v) is 5.02. The van der Waals surface area contributed by atoms with Crippen LogP contribution in [0, 0.1) is 11.8 Å². The molecule has 1 aromatic rings. The van der Waals surface area contributed by atoms with Crippen LogP contribution in [0.5, 0.6) is 0 Å². The number of rotatable bonds is 5. The van der Waals surface area contributed by atoms with Gasteiger partial charge in [-0.1, -0.05) is 20.8 Å². The van der Waals surface area contributed by atoms with E-state index < -0.39 is 0 Å². The van der Waals surface area contributed by atoms with Crippen LogP contribution in [-0.4, -0.2) is 24.9 Å². The minimum atomic E-state index is -0.0270. The largest absolute Gasteiger partial charge is 0.354 e. The molecule has 2 amide bonds. The first-order valence-electron chi connectivity index (χ1n) is 7.65. The Kier molecular flexibility index (Phi) is 5.39. The zero-order valence-corrected chi connectivity index (χ0v) is 13.8. The molecule has 1 unspecified atom stereocenters. The molecular formula is C16H24N2O2S. The molecule has 0 aromatic carbocycles. The summed E-state index contributed by atoms with van der Waals surface area (Å²) in [5, 5.41) is 5.66. The van der Waals surface area contributed by atoms with Crippen LogP contribution in [0.4, 0.5) is 0 Å². The number of amides is 2. The molecule has 1 aliphatic rings. The van der Waals surface area contributed by atoms with E-state index in [4.69, 9.17) is 0 Å². The summed E-state index contributed by atoms with van der Waals surface area (Å²) >= 11 is 1.62. The van der Waals surface area contributed by atoms with Gasteiger partial charge in [-0.05, 0) is 36.8 Å². The molecule has 0 saturated heterocycles. The summed E-state index contributed by atoms with van der Waals surface area (Å²) in [5.41, 5.74) is 1.34. The zero-order valence-electron chi connectivity index (χ0n) is 13.0. The smallest absolute Gasteiger partial charge is 0.261 e. The maximum absolute atomic E-state index is 12.1. The van der Waals surface area contributed by atoms with Gasteiger partial charge in [-0.15, -0.1) is 11.3 Å². The fraction of sp³-hybridized carbons (Fsp3) is 0.625. The standard InChI is InChI=1S/C16H24N2O2S/c1-10(2)15(19)17-6-7-18-16(20)14-9-12-8-11(3)4-5-13(12)21-14/h9-11H,4-8H2,1-3H3,(H,17,19)(H,18,20). The predicted octanol–water partition coefficient (Wildman–Crippen LogP) is 2.37. The molecule has 116 valence electrons. The Bertz CT molecular complexity index is 522. The lowest BCUT2D eigenvalue weighted by atomic mass is 9.90. The maximum atomic E-state index is 12.1. The molecule has 0 spiro atoms. The number of carbonyl (C=O) groups is 2. The summed E-state index contributed by atoms with van der Waals surface area (Å²) < 4.78 is 0. The van der Waals surface area contributed by atoms with Gasteiger partial charge < -0.3 is 10.6 Å². The average Bonchev–Trinajstić information content (AvgIpc) is 2.85. The highest BCUT2D eigenvalue weighted by Crippen LogP contribution is 2.32. The van der Waals surface area contributed by atoms with Crippen molar-refractivity contribution in [2.24, 2.45) is 11.8 Å². The van der Waals surface area contributed by atoms with Crippen LogP contribution in [0.15, 0.2) is 6.07 Å². The van der Waals surface area contributed by atoms with E-state index in [1.165, 1.54) is 16.9 Å². The summed E-state index contributed by atoms with van der Waals surface area (Å²) in [6, 6.07) is 2.04.